The maximum absolute atomic E-state index is 12.1. The van der Waals surface area contributed by atoms with Gasteiger partial charge in [-0.2, -0.15) is 0 Å². The van der Waals surface area contributed by atoms with Gasteiger partial charge in [0.15, 0.2) is 16.6 Å². The number of rotatable bonds is 19. The van der Waals surface area contributed by atoms with Gasteiger partial charge in [-0.3, -0.25) is 4.79 Å². The minimum atomic E-state index is -1.80. The van der Waals surface area contributed by atoms with Crippen molar-refractivity contribution in [2.75, 3.05) is 7.11 Å². The minimum Gasteiger partial charge on any atom is -0.520 e. The Morgan fingerprint density at radius 3 is 2.15 bits per heavy atom. The molecule has 0 amide bonds. The van der Waals surface area contributed by atoms with Crippen LogP contribution in [0.3, 0.4) is 0 Å². The van der Waals surface area contributed by atoms with Crippen molar-refractivity contribution in [1.82, 2.24) is 0 Å². The smallest absolute Gasteiger partial charge is 0.292 e. The molecule has 0 radical (unpaired) electrons. The molecule has 0 saturated heterocycles. The van der Waals surface area contributed by atoms with E-state index in [9.17, 15) is 4.79 Å². The number of carbonyl (C=O) groups excluding carboxylic acids is 1. The van der Waals surface area contributed by atoms with E-state index in [-0.39, 0.29) is 24.1 Å². The molecule has 1 aliphatic carbocycles. The lowest BCUT2D eigenvalue weighted by Crippen LogP contribution is -2.35. The van der Waals surface area contributed by atoms with Crippen molar-refractivity contribution in [3.05, 3.63) is 12.2 Å². The van der Waals surface area contributed by atoms with Crippen LogP contribution in [-0.4, -0.2) is 56.0 Å². The summed E-state index contributed by atoms with van der Waals surface area (Å²) in [6.07, 6.45) is 16.3. The lowest BCUT2D eigenvalue weighted by Gasteiger charge is -2.29. The first-order valence-corrected chi connectivity index (χ1v) is 25.6. The molecule has 1 saturated carbocycles. The van der Waals surface area contributed by atoms with Crippen LogP contribution in [0.2, 0.25) is 58.9 Å². The molecule has 1 rings (SSSR count). The molecule has 228 valence electrons. The molecular weight excluding hydrogens is 539 g/mol. The van der Waals surface area contributed by atoms with Crippen molar-refractivity contribution < 1.29 is 22.9 Å². The Morgan fingerprint density at radius 2 is 1.59 bits per heavy atom. The van der Waals surface area contributed by atoms with Crippen LogP contribution in [0.25, 0.3) is 0 Å². The van der Waals surface area contributed by atoms with E-state index < -0.39 is 25.0 Å². The lowest BCUT2D eigenvalue weighted by atomic mass is 9.88. The molecule has 6 nitrogen and oxygen atoms in total. The Balaban J connectivity index is 2.95. The third kappa shape index (κ3) is 17.0. The van der Waals surface area contributed by atoms with Crippen molar-refractivity contribution in [3.63, 3.8) is 0 Å². The first kappa shape index (κ1) is 36.3. The average Bonchev–Trinajstić information content (AvgIpc) is 3.06. The number of unbranched alkanes of at least 4 members (excludes halogenated alkanes) is 5. The van der Waals surface area contributed by atoms with Gasteiger partial charge in [0.05, 0.1) is 17.9 Å². The first-order chi connectivity index (χ1) is 18.0. The number of hydrogen-bond acceptors (Lipinski definition) is 6. The van der Waals surface area contributed by atoms with E-state index in [0.29, 0.717) is 12.3 Å². The summed E-state index contributed by atoms with van der Waals surface area (Å²) in [4.78, 5) is 17.4. The summed E-state index contributed by atoms with van der Waals surface area (Å²) in [5, 5.41) is 4.49. The van der Waals surface area contributed by atoms with E-state index in [2.05, 4.69) is 83.2 Å². The van der Waals surface area contributed by atoms with Crippen molar-refractivity contribution in [1.29, 1.82) is 0 Å². The highest BCUT2D eigenvalue weighted by atomic mass is 28.4. The molecule has 39 heavy (non-hydrogen) atoms. The van der Waals surface area contributed by atoms with Gasteiger partial charge < -0.3 is 18.1 Å². The Morgan fingerprint density at radius 1 is 0.923 bits per heavy atom. The molecule has 0 bridgehead atoms. The second-order valence-electron chi connectivity index (χ2n) is 14.1. The molecule has 9 heteroatoms. The Kier molecular flexibility index (Phi) is 16.1. The third-order valence-corrected chi connectivity index (χ3v) is 9.52. The molecule has 4 atom stereocenters. The summed E-state index contributed by atoms with van der Waals surface area (Å²) in [7, 11) is -3.55. The van der Waals surface area contributed by atoms with Gasteiger partial charge in [0, 0.05) is 24.7 Å². The fraction of sp³-hybridized carbons (Fsp3) is 0.867. The number of nitrogens with zero attached hydrogens (tertiary/aromatic N) is 1. The molecule has 0 heterocycles. The van der Waals surface area contributed by atoms with Gasteiger partial charge >= 0.3 is 0 Å². The van der Waals surface area contributed by atoms with E-state index in [1.54, 1.807) is 7.11 Å². The maximum atomic E-state index is 12.1. The number of carbonyl (C=O) groups is 1. The minimum absolute atomic E-state index is 0.0370. The number of oxime groups is 1. The zero-order valence-corrected chi connectivity index (χ0v) is 30.2. The quantitative estimate of drug-likeness (QED) is 0.0642. The molecule has 0 aromatic carbocycles. The van der Waals surface area contributed by atoms with Crippen LogP contribution in [0, 0.1) is 11.8 Å². The summed E-state index contributed by atoms with van der Waals surface area (Å²) in [5.41, 5.74) is 1.13. The average molecular weight is 600 g/mol. The van der Waals surface area contributed by atoms with Crippen molar-refractivity contribution >= 4 is 36.6 Å². The van der Waals surface area contributed by atoms with E-state index >= 15 is 0 Å². The van der Waals surface area contributed by atoms with Crippen LogP contribution < -0.4 is 0 Å². The molecule has 0 N–H and O–H groups in total. The fourth-order valence-corrected chi connectivity index (χ4v) is 8.30. The van der Waals surface area contributed by atoms with Crippen LogP contribution in [0.1, 0.15) is 77.6 Å². The normalized spacial score (nSPS) is 22.5. The van der Waals surface area contributed by atoms with Gasteiger partial charge in [-0.25, -0.2) is 0 Å². The Bertz CT molecular complexity index is 768. The maximum Gasteiger partial charge on any atom is 0.292 e. The molecular formula is C30H61NO5Si3. The van der Waals surface area contributed by atoms with Crippen molar-refractivity contribution in [3.8, 4) is 0 Å². The first-order valence-electron chi connectivity index (χ1n) is 15.4. The highest BCUT2D eigenvalue weighted by Crippen LogP contribution is 2.39. The van der Waals surface area contributed by atoms with Gasteiger partial charge in [0.2, 0.25) is 8.32 Å². The summed E-state index contributed by atoms with van der Waals surface area (Å²) < 4.78 is 18.9. The van der Waals surface area contributed by atoms with Gasteiger partial charge in [-0.15, -0.1) is 0 Å². The number of hydrogen-bond donors (Lipinski definition) is 0. The predicted octanol–water partition coefficient (Wildman–Crippen LogP) is 8.92. The van der Waals surface area contributed by atoms with Crippen LogP contribution in [0.15, 0.2) is 17.3 Å². The van der Waals surface area contributed by atoms with E-state index in [1.165, 1.54) is 19.3 Å². The van der Waals surface area contributed by atoms with Crippen LogP contribution in [0.4, 0.5) is 0 Å². The van der Waals surface area contributed by atoms with E-state index in [4.69, 9.17) is 18.1 Å². The standard InChI is InChI=1S/C30H61NO5Si3/c1-12-13-16-19-25(34-37(3,4)5)22-23-27-26(28(31-33-2)24-29(27)35-38(6,7)8)20-17-14-15-18-21-30(32)36-39(9,10)11/h22-23,25-27,29H,12-21,24H2,1-11H3/b23-22+,31-28-/t25-,26+,27+,29+/m0/s1. The molecule has 1 fully saturated rings. The van der Waals surface area contributed by atoms with Gasteiger partial charge in [-0.05, 0) is 78.2 Å². The molecule has 0 spiro atoms. The lowest BCUT2D eigenvalue weighted by molar-refractivity contribution is -0.135. The largest absolute Gasteiger partial charge is 0.520 e. The zero-order chi connectivity index (χ0) is 29.7. The predicted molar refractivity (Wildman–Crippen MR) is 173 cm³/mol. The van der Waals surface area contributed by atoms with Gasteiger partial charge in [0.1, 0.15) is 7.11 Å². The molecule has 1 aliphatic rings. The highest BCUT2D eigenvalue weighted by molar-refractivity contribution is 6.71. The van der Waals surface area contributed by atoms with Crippen LogP contribution >= 0.6 is 0 Å². The summed E-state index contributed by atoms with van der Waals surface area (Å²) in [6, 6.07) is 0. The third-order valence-electron chi connectivity index (χ3n) is 6.66. The molecule has 0 aliphatic heterocycles. The van der Waals surface area contributed by atoms with Gasteiger partial charge in [-0.1, -0.05) is 62.8 Å². The second kappa shape index (κ2) is 17.3. The topological polar surface area (TPSA) is 66.4 Å². The fourth-order valence-electron chi connectivity index (χ4n) is 5.26. The zero-order valence-electron chi connectivity index (χ0n) is 27.2. The van der Waals surface area contributed by atoms with E-state index in [0.717, 1.165) is 50.7 Å². The second-order valence-corrected chi connectivity index (χ2v) is 27.5. The van der Waals surface area contributed by atoms with Crippen LogP contribution in [-0.2, 0) is 22.9 Å². The summed E-state index contributed by atoms with van der Waals surface area (Å²) in [6.45, 7) is 22.0. The van der Waals surface area contributed by atoms with Crippen molar-refractivity contribution in [2.24, 2.45) is 17.0 Å². The Labute approximate surface area is 244 Å². The SMILES string of the molecule is CCCCC[C@@H](/C=C/[C@H]1[C@H](O[Si](C)(C)C)C/C(=N/OC)[C@@H]1CCCCCCC(=O)O[Si](C)(C)C)O[Si](C)(C)C. The van der Waals surface area contributed by atoms with Crippen molar-refractivity contribution in [2.45, 2.75) is 149 Å². The molecule has 0 unspecified atom stereocenters. The molecule has 0 aromatic rings. The van der Waals surface area contributed by atoms with Crippen LogP contribution in [0.5, 0.6) is 0 Å². The van der Waals surface area contributed by atoms with E-state index in [1.807, 2.05) is 0 Å². The highest BCUT2D eigenvalue weighted by Gasteiger charge is 2.42. The molecule has 0 aromatic heterocycles. The Hall–Kier alpha value is -0.749. The summed E-state index contributed by atoms with van der Waals surface area (Å²) >= 11 is 0. The monoisotopic (exact) mass is 599 g/mol. The van der Waals surface area contributed by atoms with Gasteiger partial charge in [0.25, 0.3) is 5.97 Å². The summed E-state index contributed by atoms with van der Waals surface area (Å²) in [5.74, 6) is 0.545.